The Kier molecular flexibility index (Phi) is 6.26. The summed E-state index contributed by atoms with van der Waals surface area (Å²) in [6.45, 7) is 7.59. The lowest BCUT2D eigenvalue weighted by molar-refractivity contribution is 0.0378. The molecule has 0 aromatic carbocycles. The molecule has 4 heterocycles. The molecule has 32 heavy (non-hydrogen) atoms. The van der Waals surface area contributed by atoms with E-state index >= 15 is 0 Å². The van der Waals surface area contributed by atoms with Crippen LogP contribution in [-0.2, 0) is 4.74 Å². The highest BCUT2D eigenvalue weighted by Crippen LogP contribution is 2.34. The second-order valence-electron chi connectivity index (χ2n) is 9.22. The first kappa shape index (κ1) is 22.4. The van der Waals surface area contributed by atoms with Crippen LogP contribution in [0.3, 0.4) is 0 Å². The number of pyridine rings is 1. The largest absolute Gasteiger partial charge is 0.459 e. The zero-order chi connectivity index (χ0) is 23.0. The van der Waals surface area contributed by atoms with Crippen LogP contribution < -0.4 is 4.90 Å². The van der Waals surface area contributed by atoms with Crippen molar-refractivity contribution in [2.75, 3.05) is 38.1 Å². The third kappa shape index (κ3) is 4.25. The zero-order valence-electron chi connectivity index (χ0n) is 19.2. The second-order valence-corrected chi connectivity index (χ2v) is 9.22. The maximum atomic E-state index is 13.6. The number of carbonyl (C=O) groups excluding carboxylic acids is 2. The van der Waals surface area contributed by atoms with E-state index < -0.39 is 12.1 Å². The van der Waals surface area contributed by atoms with E-state index in [0.29, 0.717) is 43.2 Å². The lowest BCUT2D eigenvalue weighted by Crippen LogP contribution is -2.55. The van der Waals surface area contributed by atoms with Gasteiger partial charge in [-0.05, 0) is 38.7 Å². The highest BCUT2D eigenvalue weighted by Gasteiger charge is 2.37. The minimum absolute atomic E-state index is 0.0115. The van der Waals surface area contributed by atoms with E-state index in [-0.39, 0.29) is 24.7 Å². The van der Waals surface area contributed by atoms with E-state index in [1.165, 1.54) is 0 Å². The van der Waals surface area contributed by atoms with Crippen molar-refractivity contribution in [3.05, 3.63) is 24.0 Å². The predicted octanol–water partition coefficient (Wildman–Crippen LogP) is 3.44. The lowest BCUT2D eigenvalue weighted by Gasteiger charge is -2.43. The molecule has 3 atom stereocenters. The summed E-state index contributed by atoms with van der Waals surface area (Å²) >= 11 is 0. The van der Waals surface area contributed by atoms with Crippen LogP contribution in [-0.4, -0.2) is 83.3 Å². The van der Waals surface area contributed by atoms with Gasteiger partial charge in [-0.2, -0.15) is 0 Å². The molecule has 2 amide bonds. The number of carbonyl (C=O) groups is 2. The molecule has 1 unspecified atom stereocenters. The third-order valence-corrected chi connectivity index (χ3v) is 6.56. The SMILES string of the molecule is CC(C)OC(=O)c1cnc2[nH]ccc2c1N(C)[C@H]1CN(C(=O)N2CCC(F)C2)CC[C@H]1C. The summed E-state index contributed by atoms with van der Waals surface area (Å²) in [5, 5.41) is 0.834. The number of alkyl halides is 1. The summed E-state index contributed by atoms with van der Waals surface area (Å²) in [6, 6.07) is 1.79. The fourth-order valence-electron chi connectivity index (χ4n) is 4.78. The molecule has 0 spiro atoms. The Hall–Kier alpha value is -2.84. The molecule has 2 aliphatic rings. The van der Waals surface area contributed by atoms with E-state index in [1.807, 2.05) is 31.9 Å². The maximum Gasteiger partial charge on any atom is 0.342 e. The molecule has 8 nitrogen and oxygen atoms in total. The molecule has 0 aliphatic carbocycles. The molecule has 2 aromatic rings. The van der Waals surface area contributed by atoms with Gasteiger partial charge in [-0.15, -0.1) is 0 Å². The molecule has 0 saturated carbocycles. The molecule has 2 saturated heterocycles. The summed E-state index contributed by atoms with van der Waals surface area (Å²) in [6.07, 6.45) is 3.41. The number of ether oxygens (including phenoxy) is 1. The number of nitrogens with one attached hydrogen (secondary N) is 1. The molecule has 4 rings (SSSR count). The van der Waals surface area contributed by atoms with Crippen molar-refractivity contribution in [1.82, 2.24) is 19.8 Å². The number of aromatic amines is 1. The first-order chi connectivity index (χ1) is 15.3. The summed E-state index contributed by atoms with van der Waals surface area (Å²) in [4.78, 5) is 38.9. The number of halogens is 1. The highest BCUT2D eigenvalue weighted by atomic mass is 19.1. The van der Waals surface area contributed by atoms with Crippen molar-refractivity contribution in [2.45, 2.75) is 51.9 Å². The molecular formula is C23H32FN5O3. The smallest absolute Gasteiger partial charge is 0.342 e. The van der Waals surface area contributed by atoms with Crippen LogP contribution in [0.15, 0.2) is 18.5 Å². The summed E-state index contributed by atoms with van der Waals surface area (Å²) in [5.41, 5.74) is 1.84. The number of nitrogens with zero attached hydrogens (tertiary/aromatic N) is 4. The van der Waals surface area contributed by atoms with Crippen LogP contribution >= 0.6 is 0 Å². The number of H-pyrrole nitrogens is 1. The van der Waals surface area contributed by atoms with Gasteiger partial charge in [0, 0.05) is 50.5 Å². The van der Waals surface area contributed by atoms with Crippen LogP contribution in [0, 0.1) is 5.92 Å². The number of likely N-dealkylation sites (N-methyl/N-ethyl adjacent to an activating group) is 1. The van der Waals surface area contributed by atoms with Crippen molar-refractivity contribution >= 4 is 28.7 Å². The first-order valence-electron chi connectivity index (χ1n) is 11.3. The second kappa shape index (κ2) is 8.96. The predicted molar refractivity (Wildman–Crippen MR) is 121 cm³/mol. The number of hydrogen-bond donors (Lipinski definition) is 1. The number of fused-ring (bicyclic) bond motifs is 1. The van der Waals surface area contributed by atoms with E-state index in [1.54, 1.807) is 17.3 Å². The highest BCUT2D eigenvalue weighted by molar-refractivity contribution is 6.04. The number of amides is 2. The van der Waals surface area contributed by atoms with Gasteiger partial charge in [0.2, 0.25) is 0 Å². The summed E-state index contributed by atoms with van der Waals surface area (Å²) < 4.78 is 19.1. The van der Waals surface area contributed by atoms with Crippen molar-refractivity contribution in [3.8, 4) is 0 Å². The fraction of sp³-hybridized carbons (Fsp3) is 0.609. The van der Waals surface area contributed by atoms with E-state index in [9.17, 15) is 14.0 Å². The molecule has 2 aliphatic heterocycles. The lowest BCUT2D eigenvalue weighted by atomic mass is 9.91. The van der Waals surface area contributed by atoms with Crippen molar-refractivity contribution in [1.29, 1.82) is 0 Å². The topological polar surface area (TPSA) is 81.8 Å². The van der Waals surface area contributed by atoms with Gasteiger partial charge in [0.25, 0.3) is 0 Å². The van der Waals surface area contributed by atoms with E-state index in [2.05, 4.69) is 21.8 Å². The maximum absolute atomic E-state index is 13.6. The summed E-state index contributed by atoms with van der Waals surface area (Å²) in [7, 11) is 1.95. The Morgan fingerprint density at radius 2 is 1.97 bits per heavy atom. The number of esters is 1. The number of anilines is 1. The molecule has 174 valence electrons. The molecule has 1 N–H and O–H groups in total. The van der Waals surface area contributed by atoms with Gasteiger partial charge in [-0.25, -0.2) is 19.0 Å². The van der Waals surface area contributed by atoms with E-state index in [4.69, 9.17) is 4.74 Å². The average Bonchev–Trinajstić information content (AvgIpc) is 3.40. The Bertz CT molecular complexity index is 993. The Morgan fingerprint density at radius 1 is 1.25 bits per heavy atom. The fourth-order valence-corrected chi connectivity index (χ4v) is 4.78. The van der Waals surface area contributed by atoms with Gasteiger partial charge in [0.05, 0.1) is 18.3 Å². The molecule has 2 fully saturated rings. The van der Waals surface area contributed by atoms with Gasteiger partial charge in [-0.1, -0.05) is 6.92 Å². The number of rotatable bonds is 4. The van der Waals surface area contributed by atoms with Crippen LogP contribution in [0.1, 0.15) is 44.0 Å². The monoisotopic (exact) mass is 445 g/mol. The van der Waals surface area contributed by atoms with Crippen LogP contribution in [0.25, 0.3) is 11.0 Å². The van der Waals surface area contributed by atoms with Gasteiger partial charge in [0.1, 0.15) is 17.4 Å². The number of likely N-dealkylation sites (tertiary alicyclic amines) is 2. The number of piperidine rings is 1. The summed E-state index contributed by atoms with van der Waals surface area (Å²) in [5.74, 6) is -0.118. The standard InChI is InChI=1S/C23H32FN5O3/c1-14(2)32-22(30)18-11-26-21-17(5-8-25-21)20(18)27(4)19-13-29(9-6-15(19)3)23(31)28-10-7-16(24)12-28/h5,8,11,14-16,19H,6-7,9-10,12-13H2,1-4H3,(H,25,26)/t15-,16?,19+/m1/s1. The minimum Gasteiger partial charge on any atom is -0.459 e. The molecular weight excluding hydrogens is 413 g/mol. The molecule has 0 bridgehead atoms. The molecule has 2 aromatic heterocycles. The minimum atomic E-state index is -0.936. The van der Waals surface area contributed by atoms with Crippen LogP contribution in [0.4, 0.5) is 14.9 Å². The number of aromatic nitrogens is 2. The Labute approximate surface area is 187 Å². The number of hydrogen-bond acceptors (Lipinski definition) is 5. The first-order valence-corrected chi connectivity index (χ1v) is 11.3. The zero-order valence-corrected chi connectivity index (χ0v) is 19.2. The molecule has 0 radical (unpaired) electrons. The number of urea groups is 1. The van der Waals surface area contributed by atoms with Crippen LogP contribution in [0.5, 0.6) is 0 Å². The Morgan fingerprint density at radius 3 is 2.66 bits per heavy atom. The van der Waals surface area contributed by atoms with Gasteiger partial charge in [-0.3, -0.25) is 0 Å². The Balaban J connectivity index is 1.63. The quantitative estimate of drug-likeness (QED) is 0.729. The van der Waals surface area contributed by atoms with E-state index in [0.717, 1.165) is 17.5 Å². The molecule has 9 heteroatoms. The normalized spacial score (nSPS) is 23.8. The van der Waals surface area contributed by atoms with Gasteiger partial charge in [0.15, 0.2) is 0 Å². The van der Waals surface area contributed by atoms with Crippen LogP contribution in [0.2, 0.25) is 0 Å². The van der Waals surface area contributed by atoms with Gasteiger partial charge >= 0.3 is 12.0 Å². The van der Waals surface area contributed by atoms with Crippen molar-refractivity contribution in [3.63, 3.8) is 0 Å². The third-order valence-electron chi connectivity index (χ3n) is 6.56. The van der Waals surface area contributed by atoms with Gasteiger partial charge < -0.3 is 24.4 Å². The van der Waals surface area contributed by atoms with Crippen molar-refractivity contribution in [2.24, 2.45) is 5.92 Å². The average molecular weight is 446 g/mol. The van der Waals surface area contributed by atoms with Crippen molar-refractivity contribution < 1.29 is 18.7 Å².